The van der Waals surface area contributed by atoms with Crippen molar-refractivity contribution in [3.05, 3.63) is 59.7 Å². The second kappa shape index (κ2) is 7.11. The Balaban J connectivity index is 0.00000121. The van der Waals surface area contributed by atoms with Crippen LogP contribution in [0.25, 0.3) is 0 Å². The molecule has 94 valence electrons. The highest BCUT2D eigenvalue weighted by atomic mass is 14.3. The van der Waals surface area contributed by atoms with Crippen LogP contribution in [-0.4, -0.2) is 0 Å². The molecule has 0 amide bonds. The molecule has 0 heteroatoms. The molecule has 0 spiro atoms. The first-order valence-corrected chi connectivity index (χ1v) is 6.36. The Labute approximate surface area is 107 Å². The van der Waals surface area contributed by atoms with E-state index >= 15 is 0 Å². The summed E-state index contributed by atoms with van der Waals surface area (Å²) in [4.78, 5) is 0. The molecule has 0 saturated carbocycles. The lowest BCUT2D eigenvalue weighted by Crippen LogP contribution is -2.19. The van der Waals surface area contributed by atoms with Gasteiger partial charge in [-0.25, -0.2) is 0 Å². The quantitative estimate of drug-likeness (QED) is 0.607. The summed E-state index contributed by atoms with van der Waals surface area (Å²) in [5, 5.41) is 0. The van der Waals surface area contributed by atoms with Crippen LogP contribution >= 0.6 is 0 Å². The SMILES string of the molecule is C=C/C=C(\C)C(C)(C)c1ccccc1C.CC. The molecule has 1 rings (SSSR count). The summed E-state index contributed by atoms with van der Waals surface area (Å²) in [6.45, 7) is 16.6. The minimum absolute atomic E-state index is 0.0829. The van der Waals surface area contributed by atoms with Crippen LogP contribution in [0.2, 0.25) is 0 Å². The van der Waals surface area contributed by atoms with E-state index in [-0.39, 0.29) is 5.41 Å². The molecule has 1 aromatic carbocycles. The van der Waals surface area contributed by atoms with Crippen LogP contribution in [0.1, 0.15) is 45.7 Å². The van der Waals surface area contributed by atoms with E-state index in [4.69, 9.17) is 0 Å². The van der Waals surface area contributed by atoms with E-state index in [1.54, 1.807) is 0 Å². The third-order valence-electron chi connectivity index (χ3n) is 3.17. The van der Waals surface area contributed by atoms with Gasteiger partial charge in [0.1, 0.15) is 0 Å². The Bertz CT molecular complexity index is 381. The minimum atomic E-state index is 0.0829. The highest BCUT2D eigenvalue weighted by Gasteiger charge is 2.23. The zero-order chi connectivity index (χ0) is 13.5. The second-order valence-corrected chi connectivity index (χ2v) is 4.53. The molecule has 0 aliphatic carbocycles. The number of benzene rings is 1. The molecule has 0 nitrogen and oxygen atoms in total. The molecule has 0 radical (unpaired) electrons. The fraction of sp³-hybridized carbons (Fsp3) is 0.412. The van der Waals surface area contributed by atoms with Gasteiger partial charge in [0.15, 0.2) is 0 Å². The summed E-state index contributed by atoms with van der Waals surface area (Å²) in [5.41, 5.74) is 4.16. The maximum absolute atomic E-state index is 3.75. The van der Waals surface area contributed by atoms with Crippen molar-refractivity contribution < 1.29 is 0 Å². The van der Waals surface area contributed by atoms with Crippen LogP contribution in [-0.2, 0) is 5.41 Å². The number of allylic oxidation sites excluding steroid dienone is 3. The number of hydrogen-bond acceptors (Lipinski definition) is 0. The van der Waals surface area contributed by atoms with Gasteiger partial charge in [0.2, 0.25) is 0 Å². The smallest absolute Gasteiger partial charge is 0.0108 e. The van der Waals surface area contributed by atoms with Crippen LogP contribution in [0.15, 0.2) is 48.6 Å². The van der Waals surface area contributed by atoms with Crippen molar-refractivity contribution in [2.75, 3.05) is 0 Å². The van der Waals surface area contributed by atoms with Crippen molar-refractivity contribution >= 4 is 0 Å². The molecule has 0 N–H and O–H groups in total. The lowest BCUT2D eigenvalue weighted by atomic mass is 9.76. The molecule has 0 aliphatic heterocycles. The first-order chi connectivity index (χ1) is 8.00. The van der Waals surface area contributed by atoms with Gasteiger partial charge >= 0.3 is 0 Å². The van der Waals surface area contributed by atoms with E-state index in [9.17, 15) is 0 Å². The van der Waals surface area contributed by atoms with Gasteiger partial charge in [-0.1, -0.05) is 76.3 Å². The fourth-order valence-electron chi connectivity index (χ4n) is 1.87. The highest BCUT2D eigenvalue weighted by Crippen LogP contribution is 2.32. The summed E-state index contributed by atoms with van der Waals surface area (Å²) in [6, 6.07) is 8.56. The maximum Gasteiger partial charge on any atom is 0.0108 e. The molecule has 1 aromatic rings. The Kier molecular flexibility index (Phi) is 6.57. The largest absolute Gasteiger partial charge is 0.0991 e. The van der Waals surface area contributed by atoms with E-state index in [0.717, 1.165) is 0 Å². The molecule has 0 fully saturated rings. The summed E-state index contributed by atoms with van der Waals surface area (Å²) >= 11 is 0. The van der Waals surface area contributed by atoms with E-state index < -0.39 is 0 Å². The molecular formula is C17H26. The van der Waals surface area contributed by atoms with Crippen molar-refractivity contribution in [2.24, 2.45) is 0 Å². The fourth-order valence-corrected chi connectivity index (χ4v) is 1.87. The Morgan fingerprint density at radius 3 is 2.18 bits per heavy atom. The highest BCUT2D eigenvalue weighted by molar-refractivity contribution is 5.39. The first-order valence-electron chi connectivity index (χ1n) is 6.36. The van der Waals surface area contributed by atoms with E-state index in [2.05, 4.69) is 64.6 Å². The average molecular weight is 230 g/mol. The van der Waals surface area contributed by atoms with Gasteiger partial charge < -0.3 is 0 Å². The van der Waals surface area contributed by atoms with Crippen LogP contribution < -0.4 is 0 Å². The lowest BCUT2D eigenvalue weighted by molar-refractivity contribution is 0.619. The van der Waals surface area contributed by atoms with Gasteiger partial charge in [0.05, 0.1) is 0 Å². The second-order valence-electron chi connectivity index (χ2n) is 4.53. The monoisotopic (exact) mass is 230 g/mol. The Hall–Kier alpha value is -1.30. The molecule has 0 aliphatic rings. The Morgan fingerprint density at radius 2 is 1.71 bits per heavy atom. The van der Waals surface area contributed by atoms with Crippen molar-refractivity contribution in [3.8, 4) is 0 Å². The van der Waals surface area contributed by atoms with Crippen molar-refractivity contribution in [3.63, 3.8) is 0 Å². The van der Waals surface area contributed by atoms with Crippen molar-refractivity contribution in [1.82, 2.24) is 0 Å². The van der Waals surface area contributed by atoms with E-state index in [1.165, 1.54) is 16.7 Å². The molecular weight excluding hydrogens is 204 g/mol. The number of aryl methyl sites for hydroxylation is 1. The summed E-state index contributed by atoms with van der Waals surface area (Å²) < 4.78 is 0. The van der Waals surface area contributed by atoms with Crippen molar-refractivity contribution in [1.29, 1.82) is 0 Å². The molecule has 0 unspecified atom stereocenters. The van der Waals surface area contributed by atoms with Crippen LogP contribution in [0.3, 0.4) is 0 Å². The van der Waals surface area contributed by atoms with Crippen molar-refractivity contribution in [2.45, 2.75) is 47.0 Å². The zero-order valence-electron chi connectivity index (χ0n) is 12.2. The third-order valence-corrected chi connectivity index (χ3v) is 3.17. The predicted octanol–water partition coefficient (Wildman–Crippen LogP) is 5.43. The van der Waals surface area contributed by atoms with Crippen LogP contribution in [0.5, 0.6) is 0 Å². The lowest BCUT2D eigenvalue weighted by Gasteiger charge is -2.28. The normalized spacial score (nSPS) is 11.5. The third kappa shape index (κ3) is 3.89. The summed E-state index contributed by atoms with van der Waals surface area (Å²) in [7, 11) is 0. The first kappa shape index (κ1) is 15.7. The summed E-state index contributed by atoms with van der Waals surface area (Å²) in [5.74, 6) is 0. The molecule has 17 heavy (non-hydrogen) atoms. The van der Waals surface area contributed by atoms with Gasteiger partial charge in [-0.2, -0.15) is 0 Å². The number of rotatable bonds is 3. The van der Waals surface area contributed by atoms with Gasteiger partial charge in [-0.05, 0) is 25.0 Å². The zero-order valence-corrected chi connectivity index (χ0v) is 12.2. The minimum Gasteiger partial charge on any atom is -0.0991 e. The predicted molar refractivity (Wildman–Crippen MR) is 79.5 cm³/mol. The molecule has 0 atom stereocenters. The molecule has 0 heterocycles. The van der Waals surface area contributed by atoms with E-state index in [1.807, 2.05) is 19.9 Å². The number of hydrogen-bond donors (Lipinski definition) is 0. The van der Waals surface area contributed by atoms with Gasteiger partial charge in [0, 0.05) is 5.41 Å². The van der Waals surface area contributed by atoms with Gasteiger partial charge in [-0.15, -0.1) is 0 Å². The molecule has 0 bridgehead atoms. The van der Waals surface area contributed by atoms with Gasteiger partial charge in [0.25, 0.3) is 0 Å². The summed E-state index contributed by atoms with van der Waals surface area (Å²) in [6.07, 6.45) is 3.95. The Morgan fingerprint density at radius 1 is 1.18 bits per heavy atom. The standard InChI is InChI=1S/C15H20.C2H6/c1-6-9-13(3)15(4,5)14-11-8-7-10-12(14)2;1-2/h6-11H,1H2,2-5H3;1-2H3/b13-9+;. The van der Waals surface area contributed by atoms with Gasteiger partial charge in [-0.3, -0.25) is 0 Å². The van der Waals surface area contributed by atoms with Crippen LogP contribution in [0.4, 0.5) is 0 Å². The molecule has 0 saturated heterocycles. The average Bonchev–Trinajstić information content (AvgIpc) is 2.32. The van der Waals surface area contributed by atoms with E-state index in [0.29, 0.717) is 0 Å². The maximum atomic E-state index is 3.75. The molecule has 0 aromatic heterocycles. The van der Waals surface area contributed by atoms with Crippen LogP contribution in [0, 0.1) is 6.92 Å². The topological polar surface area (TPSA) is 0 Å².